The number of piperidine rings is 1. The van der Waals surface area contributed by atoms with E-state index in [2.05, 4.69) is 10.3 Å². The van der Waals surface area contributed by atoms with E-state index in [1.165, 1.54) is 0 Å². The number of hydrogen-bond donors (Lipinski definition) is 1. The van der Waals surface area contributed by atoms with Crippen molar-refractivity contribution in [3.63, 3.8) is 0 Å². The van der Waals surface area contributed by atoms with Crippen LogP contribution in [-0.4, -0.2) is 47.1 Å². The maximum Gasteiger partial charge on any atom is 0.410 e. The Hall–Kier alpha value is -2.57. The van der Waals surface area contributed by atoms with Gasteiger partial charge in [0.05, 0.1) is 6.20 Å². The van der Waals surface area contributed by atoms with Crippen LogP contribution >= 0.6 is 0 Å². The fraction of sp³-hybridized carbons (Fsp3) is 0.526. The topological polar surface area (TPSA) is 84.7 Å². The van der Waals surface area contributed by atoms with Crippen LogP contribution in [0.1, 0.15) is 31.3 Å². The van der Waals surface area contributed by atoms with E-state index in [4.69, 9.17) is 9.15 Å². The molecule has 2 fully saturated rings. The van der Waals surface area contributed by atoms with Gasteiger partial charge in [-0.1, -0.05) is 0 Å². The third-order valence-electron chi connectivity index (χ3n) is 5.07. The summed E-state index contributed by atoms with van der Waals surface area (Å²) in [6, 6.07) is 3.54. The summed E-state index contributed by atoms with van der Waals surface area (Å²) in [4.78, 5) is 30.1. The highest BCUT2D eigenvalue weighted by molar-refractivity contribution is 5.95. The van der Waals surface area contributed by atoms with Gasteiger partial charge in [-0.3, -0.25) is 9.78 Å². The van der Waals surface area contributed by atoms with Crippen LogP contribution < -0.4 is 5.32 Å². The van der Waals surface area contributed by atoms with E-state index in [9.17, 15) is 9.59 Å². The van der Waals surface area contributed by atoms with Crippen molar-refractivity contribution in [3.05, 3.63) is 30.3 Å². The van der Waals surface area contributed by atoms with Crippen LogP contribution in [0.5, 0.6) is 0 Å². The lowest BCUT2D eigenvalue weighted by Crippen LogP contribution is -2.38. The quantitative estimate of drug-likeness (QED) is 0.913. The van der Waals surface area contributed by atoms with Crippen molar-refractivity contribution in [2.24, 2.45) is 17.8 Å². The fourth-order valence-electron chi connectivity index (χ4n) is 3.72. The molecule has 0 spiro atoms. The molecule has 2 aromatic rings. The molecule has 0 aromatic carbocycles. The highest BCUT2D eigenvalue weighted by Gasteiger charge is 2.56. The summed E-state index contributed by atoms with van der Waals surface area (Å²) in [7, 11) is 0. The van der Waals surface area contributed by atoms with Crippen LogP contribution in [-0.2, 0) is 4.74 Å². The van der Waals surface area contributed by atoms with Crippen LogP contribution in [0.15, 0.2) is 28.9 Å². The van der Waals surface area contributed by atoms with Crippen LogP contribution in [0.2, 0.25) is 0 Å². The predicted molar refractivity (Wildman–Crippen MR) is 94.6 cm³/mol. The number of carbonyl (C=O) groups excluding carboxylic acids is 2. The molecular formula is C19H23N3O4. The van der Waals surface area contributed by atoms with Gasteiger partial charge in [0, 0.05) is 31.2 Å². The Kier molecular flexibility index (Phi) is 3.89. The molecule has 2 amide bonds. The molecule has 26 heavy (non-hydrogen) atoms. The molecular weight excluding hydrogens is 334 g/mol. The van der Waals surface area contributed by atoms with Gasteiger partial charge in [-0.2, -0.15) is 0 Å². The Labute approximate surface area is 151 Å². The highest BCUT2D eigenvalue weighted by atomic mass is 16.6. The van der Waals surface area contributed by atoms with E-state index in [-0.39, 0.29) is 12.0 Å². The molecule has 3 heterocycles. The van der Waals surface area contributed by atoms with E-state index in [0.717, 1.165) is 5.39 Å². The summed E-state index contributed by atoms with van der Waals surface area (Å²) in [5.41, 5.74) is 0.133. The number of amides is 2. The molecule has 3 atom stereocenters. The molecule has 7 heteroatoms. The lowest BCUT2D eigenvalue weighted by molar-refractivity contribution is 0.0265. The predicted octanol–water partition coefficient (Wildman–Crippen LogP) is 2.67. The van der Waals surface area contributed by atoms with Gasteiger partial charge in [0.25, 0.3) is 5.91 Å². The minimum absolute atomic E-state index is 0.213. The van der Waals surface area contributed by atoms with Crippen molar-refractivity contribution in [3.8, 4) is 0 Å². The smallest absolute Gasteiger partial charge is 0.410 e. The molecule has 4 rings (SSSR count). The van der Waals surface area contributed by atoms with E-state index in [1.807, 2.05) is 26.8 Å². The Morgan fingerprint density at radius 1 is 1.35 bits per heavy atom. The maximum absolute atomic E-state index is 12.3. The minimum Gasteiger partial charge on any atom is -0.449 e. The van der Waals surface area contributed by atoms with Gasteiger partial charge in [0.1, 0.15) is 5.60 Å². The number of hydrogen-bond acceptors (Lipinski definition) is 5. The number of pyridine rings is 1. The molecule has 2 aliphatic rings. The SMILES string of the molecule is CC(C)(C)OC(=O)N1C[C@@H]2[C@@H](CNC(=O)c3cc4ccncc4o3)[C@@H]2C1. The van der Waals surface area contributed by atoms with Crippen molar-refractivity contribution in [2.45, 2.75) is 26.4 Å². The van der Waals surface area contributed by atoms with Gasteiger partial charge in [-0.15, -0.1) is 0 Å². The first kappa shape index (κ1) is 16.9. The molecule has 2 aromatic heterocycles. The summed E-state index contributed by atoms with van der Waals surface area (Å²) >= 11 is 0. The highest BCUT2D eigenvalue weighted by Crippen LogP contribution is 2.51. The second kappa shape index (κ2) is 6.00. The van der Waals surface area contributed by atoms with Crippen molar-refractivity contribution in [1.82, 2.24) is 15.2 Å². The zero-order valence-corrected chi connectivity index (χ0v) is 15.2. The average molecular weight is 357 g/mol. The first-order chi connectivity index (χ1) is 12.3. The number of ether oxygens (including phenoxy) is 1. The van der Waals surface area contributed by atoms with Crippen molar-refractivity contribution >= 4 is 23.0 Å². The van der Waals surface area contributed by atoms with Gasteiger partial charge in [-0.25, -0.2) is 4.79 Å². The Morgan fingerprint density at radius 2 is 2.08 bits per heavy atom. The lowest BCUT2D eigenvalue weighted by atomic mass is 10.2. The fourth-order valence-corrected chi connectivity index (χ4v) is 3.72. The number of likely N-dealkylation sites (tertiary alicyclic amines) is 1. The van der Waals surface area contributed by atoms with Gasteiger partial charge in [0.2, 0.25) is 0 Å². The number of nitrogens with zero attached hydrogens (tertiary/aromatic N) is 2. The van der Waals surface area contributed by atoms with E-state index in [1.54, 1.807) is 23.4 Å². The van der Waals surface area contributed by atoms with Crippen molar-refractivity contribution < 1.29 is 18.7 Å². The number of furan rings is 1. The average Bonchev–Trinajstić information content (AvgIpc) is 2.94. The van der Waals surface area contributed by atoms with Crippen molar-refractivity contribution in [2.75, 3.05) is 19.6 Å². The lowest BCUT2D eigenvalue weighted by Gasteiger charge is -2.25. The minimum atomic E-state index is -0.473. The molecule has 0 bridgehead atoms. The molecule has 1 saturated heterocycles. The number of rotatable bonds is 3. The van der Waals surface area contributed by atoms with E-state index in [0.29, 0.717) is 48.7 Å². The van der Waals surface area contributed by atoms with E-state index >= 15 is 0 Å². The van der Waals surface area contributed by atoms with Gasteiger partial charge in [-0.05, 0) is 50.7 Å². The number of carbonyl (C=O) groups is 2. The first-order valence-electron chi connectivity index (χ1n) is 8.91. The zero-order valence-electron chi connectivity index (χ0n) is 15.2. The maximum atomic E-state index is 12.3. The number of aromatic nitrogens is 1. The second-order valence-electron chi connectivity index (χ2n) is 8.11. The Bertz CT molecular complexity index is 809. The number of nitrogens with one attached hydrogen (secondary N) is 1. The summed E-state index contributed by atoms with van der Waals surface area (Å²) in [5, 5.41) is 3.81. The molecule has 1 aliphatic carbocycles. The molecule has 1 N–H and O–H groups in total. The van der Waals surface area contributed by atoms with Crippen LogP contribution in [0, 0.1) is 17.8 Å². The molecule has 7 nitrogen and oxygen atoms in total. The largest absolute Gasteiger partial charge is 0.449 e. The summed E-state index contributed by atoms with van der Waals surface area (Å²) in [6.07, 6.45) is 3.02. The summed E-state index contributed by atoms with van der Waals surface area (Å²) in [5.74, 6) is 1.40. The van der Waals surface area contributed by atoms with Gasteiger partial charge < -0.3 is 19.4 Å². The Balaban J connectivity index is 1.26. The normalized spacial score (nSPS) is 24.4. The summed E-state index contributed by atoms with van der Waals surface area (Å²) < 4.78 is 10.9. The first-order valence-corrected chi connectivity index (χ1v) is 8.91. The van der Waals surface area contributed by atoms with Crippen LogP contribution in [0.4, 0.5) is 4.79 Å². The molecule has 0 unspecified atom stereocenters. The third kappa shape index (κ3) is 3.25. The van der Waals surface area contributed by atoms with E-state index < -0.39 is 5.60 Å². The Morgan fingerprint density at radius 3 is 2.73 bits per heavy atom. The molecule has 0 radical (unpaired) electrons. The molecule has 1 aliphatic heterocycles. The monoisotopic (exact) mass is 357 g/mol. The standard InChI is InChI=1S/C19H23N3O4/c1-19(2,3)26-18(24)22-9-13-12(14(13)10-22)7-21-17(23)15-6-11-4-5-20-8-16(11)25-15/h4-6,8,12-14H,7,9-10H2,1-3H3,(H,21,23)/t12-,13-,14+. The van der Waals surface area contributed by atoms with Gasteiger partial charge >= 0.3 is 6.09 Å². The van der Waals surface area contributed by atoms with Gasteiger partial charge in [0.15, 0.2) is 11.3 Å². The third-order valence-corrected chi connectivity index (χ3v) is 5.07. The van der Waals surface area contributed by atoms with Crippen molar-refractivity contribution in [1.29, 1.82) is 0 Å². The molecule has 1 saturated carbocycles. The van der Waals surface area contributed by atoms with Crippen LogP contribution in [0.25, 0.3) is 11.0 Å². The second-order valence-corrected chi connectivity index (χ2v) is 8.11. The zero-order chi connectivity index (χ0) is 18.5. The summed E-state index contributed by atoms with van der Waals surface area (Å²) in [6.45, 7) is 7.62. The molecule has 138 valence electrons. The number of fused-ring (bicyclic) bond motifs is 2. The van der Waals surface area contributed by atoms with Crippen LogP contribution in [0.3, 0.4) is 0 Å².